The highest BCUT2D eigenvalue weighted by Gasteiger charge is 2.62. The van der Waals surface area contributed by atoms with Gasteiger partial charge in [-0.05, 0) is 24.1 Å². The minimum Gasteiger partial charge on any atom is -0.505 e. The highest BCUT2D eigenvalue weighted by Crippen LogP contribution is 2.46. The average Bonchev–Trinajstić information content (AvgIpc) is 3.32. The first-order chi connectivity index (χ1) is 15.7. The van der Waals surface area contributed by atoms with Crippen molar-refractivity contribution in [2.75, 3.05) is 19.7 Å². The fourth-order valence-electron chi connectivity index (χ4n) is 6.16. The first kappa shape index (κ1) is 23.4. The highest BCUT2D eigenvalue weighted by molar-refractivity contribution is 5.65. The van der Waals surface area contributed by atoms with Crippen LogP contribution in [-0.4, -0.2) is 46.3 Å². The summed E-state index contributed by atoms with van der Waals surface area (Å²) < 4.78 is 10.2. The van der Waals surface area contributed by atoms with Gasteiger partial charge in [-0.3, -0.25) is 0 Å². The van der Waals surface area contributed by atoms with Crippen molar-refractivity contribution in [3.05, 3.63) is 35.4 Å². The van der Waals surface area contributed by atoms with E-state index in [0.29, 0.717) is 0 Å². The Morgan fingerprint density at radius 3 is 2.19 bits per heavy atom. The number of benzene rings is 1. The molecule has 1 aromatic carbocycles. The Hall–Kier alpha value is -1.71. The second-order valence-electron chi connectivity index (χ2n) is 10.7. The number of hydrogen-bond acceptors (Lipinski definition) is 1. The van der Waals surface area contributed by atoms with Gasteiger partial charge in [0.2, 0.25) is 11.8 Å². The van der Waals surface area contributed by atoms with Crippen molar-refractivity contribution in [3.8, 4) is 5.75 Å². The molecule has 2 unspecified atom stereocenters. The Balaban J connectivity index is 1.14. The molecule has 0 N–H and O–H groups in total. The van der Waals surface area contributed by atoms with E-state index in [1.54, 1.807) is 4.70 Å². The van der Waals surface area contributed by atoms with E-state index in [0.717, 1.165) is 64.0 Å². The molecule has 1 saturated heterocycles. The molecule has 4 rings (SSSR count). The van der Waals surface area contributed by atoms with Crippen LogP contribution in [0.2, 0.25) is 0 Å². The molecular formula is C28H44N3O+. The second-order valence-corrected chi connectivity index (χ2v) is 10.7. The number of unbranched alkanes of at least 4 members (excludes halogenated alkanes) is 9. The number of hydrogen-bond donors (Lipinski definition) is 0. The van der Waals surface area contributed by atoms with E-state index in [4.69, 9.17) is 4.74 Å². The molecule has 176 valence electrons. The average molecular weight is 439 g/mol. The summed E-state index contributed by atoms with van der Waals surface area (Å²) in [6.45, 7) is 5.26. The van der Waals surface area contributed by atoms with E-state index in [1.165, 1.54) is 63.4 Å². The van der Waals surface area contributed by atoms with Crippen LogP contribution in [0.25, 0.3) is 5.53 Å². The van der Waals surface area contributed by atoms with Crippen LogP contribution in [0.3, 0.4) is 0 Å². The summed E-state index contributed by atoms with van der Waals surface area (Å²) in [7, 11) is 0. The Bertz CT molecular complexity index is 786. The summed E-state index contributed by atoms with van der Waals surface area (Å²) in [4.78, 5) is 0. The fourth-order valence-corrected chi connectivity index (χ4v) is 6.16. The molecule has 1 spiro atoms. The Morgan fingerprint density at radius 1 is 0.812 bits per heavy atom. The van der Waals surface area contributed by atoms with Gasteiger partial charge in [-0.25, -0.2) is 4.58 Å². The lowest BCUT2D eigenvalue weighted by molar-refractivity contribution is -0.658. The zero-order valence-electron chi connectivity index (χ0n) is 20.4. The minimum atomic E-state index is -0.107. The molecule has 0 aliphatic carbocycles. The van der Waals surface area contributed by atoms with E-state index >= 15 is 0 Å². The van der Waals surface area contributed by atoms with Crippen molar-refractivity contribution in [1.82, 2.24) is 0 Å². The quantitative estimate of drug-likeness (QED) is 0.234. The van der Waals surface area contributed by atoms with Gasteiger partial charge < -0.3 is 15.0 Å². The molecule has 3 heterocycles. The Kier molecular flexibility index (Phi) is 8.02. The van der Waals surface area contributed by atoms with Crippen LogP contribution >= 0.6 is 0 Å². The van der Waals surface area contributed by atoms with Gasteiger partial charge in [0.1, 0.15) is 18.8 Å². The molecule has 4 nitrogen and oxygen atoms in total. The van der Waals surface area contributed by atoms with E-state index < -0.39 is 0 Å². The molecular weight excluding hydrogens is 394 g/mol. The first-order valence-electron chi connectivity index (χ1n) is 13.5. The molecule has 2 atom stereocenters. The zero-order chi connectivity index (χ0) is 22.3. The smallest absolute Gasteiger partial charge is 0.234 e. The molecule has 0 amide bonds. The second kappa shape index (κ2) is 10.9. The SMILES string of the molecule is CCCCCCCCCCCCOc1ccc(CC23CC[N+]4=CC(CC4)(CC2)[N+]3=[N-])cc1. The standard InChI is InChI=1S/C28H44N3O/c1-2-3-4-5-6-7-8-9-10-11-22-32-26-14-12-25(13-15-26)23-27-16-17-28(31(27)29)19-21-30(24-28)20-18-27/h12-15,24H,2-11,16-23H2,1H3/q+1. The van der Waals surface area contributed by atoms with Crippen LogP contribution in [0.4, 0.5) is 0 Å². The van der Waals surface area contributed by atoms with Crippen LogP contribution in [0.15, 0.2) is 24.3 Å². The van der Waals surface area contributed by atoms with E-state index in [2.05, 4.69) is 42.0 Å². The Morgan fingerprint density at radius 2 is 1.47 bits per heavy atom. The lowest BCUT2D eigenvalue weighted by Gasteiger charge is -2.31. The number of nitrogens with zero attached hydrogens (tertiary/aromatic N) is 3. The number of fused-ring (bicyclic) bond motifs is 1. The van der Waals surface area contributed by atoms with Crippen LogP contribution in [-0.2, 0) is 6.42 Å². The fraction of sp³-hybridized carbons (Fsp3) is 0.750. The van der Waals surface area contributed by atoms with Crippen molar-refractivity contribution in [3.63, 3.8) is 0 Å². The largest absolute Gasteiger partial charge is 0.505 e. The number of ether oxygens (including phenoxy) is 1. The van der Waals surface area contributed by atoms with Gasteiger partial charge in [-0.2, -0.15) is 0 Å². The van der Waals surface area contributed by atoms with Crippen molar-refractivity contribution in [2.24, 2.45) is 0 Å². The maximum absolute atomic E-state index is 11.2. The van der Waals surface area contributed by atoms with Gasteiger partial charge in [0.25, 0.3) is 0 Å². The van der Waals surface area contributed by atoms with E-state index in [-0.39, 0.29) is 11.1 Å². The van der Waals surface area contributed by atoms with Gasteiger partial charge in [0.05, 0.1) is 19.4 Å². The third kappa shape index (κ3) is 5.43. The summed E-state index contributed by atoms with van der Waals surface area (Å²) >= 11 is 0. The van der Waals surface area contributed by atoms with Gasteiger partial charge >= 0.3 is 0 Å². The molecule has 1 fully saturated rings. The Labute approximate surface area is 195 Å². The van der Waals surface area contributed by atoms with Crippen LogP contribution in [0, 0.1) is 0 Å². The molecule has 0 aromatic heterocycles. The van der Waals surface area contributed by atoms with Gasteiger partial charge in [-0.15, -0.1) is 0 Å². The van der Waals surface area contributed by atoms with E-state index in [1.807, 2.05) is 0 Å². The summed E-state index contributed by atoms with van der Waals surface area (Å²) in [5.74, 6) is 0.977. The summed E-state index contributed by atoms with van der Waals surface area (Å²) in [6, 6.07) is 8.64. The summed E-state index contributed by atoms with van der Waals surface area (Å²) in [6.07, 6.45) is 21.0. The molecule has 3 bridgehead atoms. The monoisotopic (exact) mass is 438 g/mol. The lowest BCUT2D eigenvalue weighted by atomic mass is 9.85. The topological polar surface area (TPSA) is 37.5 Å². The van der Waals surface area contributed by atoms with Crippen LogP contribution in [0.1, 0.15) is 102 Å². The predicted octanol–water partition coefficient (Wildman–Crippen LogP) is 6.73. The summed E-state index contributed by atoms with van der Waals surface area (Å²) in [5.41, 5.74) is 12.2. The van der Waals surface area contributed by atoms with Crippen molar-refractivity contribution < 1.29 is 14.0 Å². The molecule has 1 aromatic rings. The third-order valence-corrected chi connectivity index (χ3v) is 8.24. The molecule has 0 radical (unpaired) electrons. The molecule has 0 saturated carbocycles. The maximum Gasteiger partial charge on any atom is 0.234 e. The highest BCUT2D eigenvalue weighted by atomic mass is 16.5. The molecule has 3 aliphatic rings. The molecule has 3 aliphatic heterocycles. The van der Waals surface area contributed by atoms with Crippen LogP contribution in [0.5, 0.6) is 5.75 Å². The normalized spacial score (nSPS) is 26.3. The first-order valence-corrected chi connectivity index (χ1v) is 13.5. The van der Waals surface area contributed by atoms with Crippen molar-refractivity contribution in [2.45, 2.75) is 114 Å². The zero-order valence-corrected chi connectivity index (χ0v) is 20.4. The molecule has 4 heteroatoms. The van der Waals surface area contributed by atoms with Crippen LogP contribution < -0.4 is 4.74 Å². The van der Waals surface area contributed by atoms with Crippen molar-refractivity contribution >= 4 is 6.21 Å². The molecule has 32 heavy (non-hydrogen) atoms. The van der Waals surface area contributed by atoms with E-state index in [9.17, 15) is 5.53 Å². The minimum absolute atomic E-state index is 0.103. The van der Waals surface area contributed by atoms with Crippen molar-refractivity contribution in [1.29, 1.82) is 0 Å². The maximum atomic E-state index is 11.2. The number of rotatable bonds is 14. The van der Waals surface area contributed by atoms with Gasteiger partial charge in [0, 0.05) is 19.3 Å². The predicted molar refractivity (Wildman–Crippen MR) is 131 cm³/mol. The summed E-state index contributed by atoms with van der Waals surface area (Å²) in [5, 5.41) is 0. The third-order valence-electron chi connectivity index (χ3n) is 8.24. The lowest BCUT2D eigenvalue weighted by Crippen LogP contribution is -2.47. The van der Waals surface area contributed by atoms with Gasteiger partial charge in [-0.1, -0.05) is 76.8 Å². The van der Waals surface area contributed by atoms with Gasteiger partial charge in [0.15, 0.2) is 5.54 Å².